The molecular weight excluding hydrogens is 279 g/mol. The van der Waals surface area contributed by atoms with Gasteiger partial charge in [0.1, 0.15) is 5.82 Å². The molecule has 1 N–H and O–H groups in total. The lowest BCUT2D eigenvalue weighted by molar-refractivity contribution is 0.0955. The van der Waals surface area contributed by atoms with Crippen molar-refractivity contribution in [1.29, 1.82) is 0 Å². The number of rotatable bonds is 3. The Morgan fingerprint density at radius 3 is 2.60 bits per heavy atom. The molecule has 0 aliphatic rings. The molecule has 0 atom stereocenters. The zero-order chi connectivity index (χ0) is 14.5. The van der Waals surface area contributed by atoms with Crippen molar-refractivity contribution in [3.05, 3.63) is 70.0 Å². The number of carbonyl (C=O) groups excluding carboxylic acids is 1. The summed E-state index contributed by atoms with van der Waals surface area (Å²) < 4.78 is 12.7. The second kappa shape index (κ2) is 6.30. The molecule has 0 saturated heterocycles. The quantitative estimate of drug-likeness (QED) is 0.681. The molecule has 0 fully saturated rings. The first-order valence-electron chi connectivity index (χ1n) is 5.91. The highest BCUT2D eigenvalue weighted by molar-refractivity contribution is 6.33. The summed E-state index contributed by atoms with van der Waals surface area (Å²) in [5, 5.41) is 4.18. The summed E-state index contributed by atoms with van der Waals surface area (Å²) in [6.07, 6.45) is 1.43. The molecule has 0 aromatic heterocycles. The lowest BCUT2D eigenvalue weighted by Gasteiger charge is -2.03. The lowest BCUT2D eigenvalue weighted by Crippen LogP contribution is -2.18. The number of hydrazone groups is 1. The van der Waals surface area contributed by atoms with E-state index in [0.717, 1.165) is 5.56 Å². The standard InChI is InChI=1S/C15H12ClFN2O/c1-10-2-7-13(14(16)8-10)15(20)19-18-9-11-3-5-12(17)6-4-11/h2-9H,1H3,(H,19,20). The zero-order valence-electron chi connectivity index (χ0n) is 10.7. The largest absolute Gasteiger partial charge is 0.272 e. The van der Waals surface area contributed by atoms with E-state index >= 15 is 0 Å². The summed E-state index contributed by atoms with van der Waals surface area (Å²) in [6.45, 7) is 1.89. The van der Waals surface area contributed by atoms with Crippen molar-refractivity contribution in [2.75, 3.05) is 0 Å². The Labute approximate surface area is 121 Å². The Hall–Kier alpha value is -2.20. The molecule has 102 valence electrons. The summed E-state index contributed by atoms with van der Waals surface area (Å²) in [6, 6.07) is 10.9. The molecule has 5 heteroatoms. The van der Waals surface area contributed by atoms with E-state index in [0.29, 0.717) is 16.1 Å². The van der Waals surface area contributed by atoms with Crippen molar-refractivity contribution >= 4 is 23.7 Å². The molecule has 1 amide bonds. The number of hydrogen-bond donors (Lipinski definition) is 1. The van der Waals surface area contributed by atoms with E-state index in [4.69, 9.17) is 11.6 Å². The van der Waals surface area contributed by atoms with Crippen molar-refractivity contribution in [1.82, 2.24) is 5.43 Å². The van der Waals surface area contributed by atoms with Gasteiger partial charge in [0.15, 0.2) is 0 Å². The molecule has 0 heterocycles. The minimum atomic E-state index is -0.395. The number of carbonyl (C=O) groups is 1. The SMILES string of the molecule is Cc1ccc(C(=O)NN=Cc2ccc(F)cc2)c(Cl)c1. The maximum absolute atomic E-state index is 12.7. The fraction of sp³-hybridized carbons (Fsp3) is 0.0667. The van der Waals surface area contributed by atoms with Crippen molar-refractivity contribution in [2.24, 2.45) is 5.10 Å². The summed E-state index contributed by atoms with van der Waals surface area (Å²) in [5.74, 6) is -0.717. The van der Waals surface area contributed by atoms with Crippen LogP contribution in [0.2, 0.25) is 5.02 Å². The van der Waals surface area contributed by atoms with Crippen molar-refractivity contribution in [3.63, 3.8) is 0 Å². The number of halogens is 2. The average molecular weight is 291 g/mol. The van der Waals surface area contributed by atoms with Crippen LogP contribution in [0.4, 0.5) is 4.39 Å². The van der Waals surface area contributed by atoms with Gasteiger partial charge in [0, 0.05) is 0 Å². The van der Waals surface area contributed by atoms with Crippen LogP contribution in [0.15, 0.2) is 47.6 Å². The second-order valence-corrected chi connectivity index (χ2v) is 4.64. The highest BCUT2D eigenvalue weighted by Crippen LogP contribution is 2.17. The van der Waals surface area contributed by atoms with E-state index in [2.05, 4.69) is 10.5 Å². The molecule has 0 unspecified atom stereocenters. The fourth-order valence-corrected chi connectivity index (χ4v) is 1.90. The van der Waals surface area contributed by atoms with Crippen LogP contribution in [0.1, 0.15) is 21.5 Å². The molecule has 20 heavy (non-hydrogen) atoms. The van der Waals surface area contributed by atoms with Crippen molar-refractivity contribution in [3.8, 4) is 0 Å². The van der Waals surface area contributed by atoms with Crippen LogP contribution in [0.25, 0.3) is 0 Å². The maximum Gasteiger partial charge on any atom is 0.272 e. The third-order valence-corrected chi connectivity index (χ3v) is 2.93. The van der Waals surface area contributed by atoms with E-state index in [1.807, 2.05) is 6.92 Å². The van der Waals surface area contributed by atoms with Crippen LogP contribution in [0.3, 0.4) is 0 Å². The Morgan fingerprint density at radius 2 is 1.95 bits per heavy atom. The van der Waals surface area contributed by atoms with E-state index < -0.39 is 5.91 Å². The Kier molecular flexibility index (Phi) is 4.48. The fourth-order valence-electron chi connectivity index (χ4n) is 1.58. The number of amides is 1. The molecule has 0 aliphatic heterocycles. The van der Waals surface area contributed by atoms with Gasteiger partial charge in [-0.1, -0.05) is 29.8 Å². The minimum absolute atomic E-state index is 0.322. The van der Waals surface area contributed by atoms with E-state index in [-0.39, 0.29) is 5.82 Å². The van der Waals surface area contributed by atoms with E-state index in [9.17, 15) is 9.18 Å². The predicted octanol–water partition coefficient (Wildman–Crippen LogP) is 3.55. The Bertz CT molecular complexity index is 653. The highest BCUT2D eigenvalue weighted by Gasteiger charge is 2.08. The number of aryl methyl sites for hydroxylation is 1. The maximum atomic E-state index is 12.7. The number of nitrogens with one attached hydrogen (secondary N) is 1. The molecule has 2 aromatic rings. The molecule has 0 spiro atoms. The summed E-state index contributed by atoms with van der Waals surface area (Å²) in [5.41, 5.74) is 4.39. The van der Waals surface area contributed by atoms with E-state index in [1.54, 1.807) is 30.3 Å². The molecular formula is C15H12ClFN2O. The third-order valence-electron chi connectivity index (χ3n) is 2.62. The summed E-state index contributed by atoms with van der Waals surface area (Å²) in [7, 11) is 0. The second-order valence-electron chi connectivity index (χ2n) is 4.23. The monoisotopic (exact) mass is 290 g/mol. The van der Waals surface area contributed by atoms with Crippen LogP contribution >= 0.6 is 11.6 Å². The van der Waals surface area contributed by atoms with Crippen LogP contribution in [-0.4, -0.2) is 12.1 Å². The zero-order valence-corrected chi connectivity index (χ0v) is 11.5. The molecule has 3 nitrogen and oxygen atoms in total. The van der Waals surface area contributed by atoms with Gasteiger partial charge in [0.2, 0.25) is 0 Å². The van der Waals surface area contributed by atoms with Gasteiger partial charge in [-0.25, -0.2) is 9.82 Å². The number of benzene rings is 2. The topological polar surface area (TPSA) is 41.5 Å². The molecule has 2 rings (SSSR count). The van der Waals surface area contributed by atoms with Gasteiger partial charge < -0.3 is 0 Å². The first kappa shape index (κ1) is 14.2. The first-order chi connectivity index (χ1) is 9.56. The molecule has 0 radical (unpaired) electrons. The average Bonchev–Trinajstić information content (AvgIpc) is 2.41. The smallest absolute Gasteiger partial charge is 0.267 e. The number of nitrogens with zero attached hydrogens (tertiary/aromatic N) is 1. The van der Waals surface area contributed by atoms with Crippen molar-refractivity contribution < 1.29 is 9.18 Å². The first-order valence-corrected chi connectivity index (χ1v) is 6.29. The normalized spacial score (nSPS) is 10.8. The Balaban J connectivity index is 2.03. The minimum Gasteiger partial charge on any atom is -0.267 e. The third kappa shape index (κ3) is 3.65. The van der Waals surface area contributed by atoms with Gasteiger partial charge in [-0.3, -0.25) is 4.79 Å². The van der Waals surface area contributed by atoms with Gasteiger partial charge in [-0.05, 0) is 42.3 Å². The Morgan fingerprint density at radius 1 is 1.25 bits per heavy atom. The molecule has 0 bridgehead atoms. The molecule has 2 aromatic carbocycles. The predicted molar refractivity (Wildman–Crippen MR) is 77.6 cm³/mol. The summed E-state index contributed by atoms with van der Waals surface area (Å²) in [4.78, 5) is 11.9. The highest BCUT2D eigenvalue weighted by atomic mass is 35.5. The van der Waals surface area contributed by atoms with Gasteiger partial charge in [-0.15, -0.1) is 0 Å². The van der Waals surface area contributed by atoms with Crippen LogP contribution in [0, 0.1) is 12.7 Å². The number of hydrogen-bond acceptors (Lipinski definition) is 2. The lowest BCUT2D eigenvalue weighted by atomic mass is 10.1. The van der Waals surface area contributed by atoms with Gasteiger partial charge in [0.25, 0.3) is 5.91 Å². The van der Waals surface area contributed by atoms with Crippen LogP contribution < -0.4 is 5.43 Å². The molecule has 0 aliphatic carbocycles. The van der Waals surface area contributed by atoms with Gasteiger partial charge in [-0.2, -0.15) is 5.10 Å². The van der Waals surface area contributed by atoms with Crippen LogP contribution in [0.5, 0.6) is 0 Å². The van der Waals surface area contributed by atoms with Crippen LogP contribution in [-0.2, 0) is 0 Å². The molecule has 0 saturated carbocycles. The van der Waals surface area contributed by atoms with Gasteiger partial charge in [0.05, 0.1) is 16.8 Å². The van der Waals surface area contributed by atoms with Crippen molar-refractivity contribution in [2.45, 2.75) is 6.92 Å². The van der Waals surface area contributed by atoms with Gasteiger partial charge >= 0.3 is 0 Å². The summed E-state index contributed by atoms with van der Waals surface area (Å²) >= 11 is 5.98. The van der Waals surface area contributed by atoms with E-state index in [1.165, 1.54) is 18.3 Å².